The molecule has 1 atom stereocenters. The molecule has 1 N–H and O–H groups in total. The first-order valence-corrected chi connectivity index (χ1v) is 11.2. The summed E-state index contributed by atoms with van der Waals surface area (Å²) in [6.07, 6.45) is 3.74. The fourth-order valence-electron chi connectivity index (χ4n) is 4.03. The Labute approximate surface area is 181 Å². The van der Waals surface area contributed by atoms with Crippen molar-refractivity contribution in [3.05, 3.63) is 42.0 Å². The Morgan fingerprint density at radius 1 is 1.06 bits per heavy atom. The van der Waals surface area contributed by atoms with E-state index < -0.39 is 18.1 Å². The van der Waals surface area contributed by atoms with Gasteiger partial charge in [0.05, 0.1) is 6.61 Å². The fraction of sp³-hybridized carbons (Fsp3) is 0.542. The Kier molecular flexibility index (Phi) is 8.18. The van der Waals surface area contributed by atoms with Crippen molar-refractivity contribution in [1.82, 2.24) is 10.4 Å². The second kappa shape index (κ2) is 10.8. The van der Waals surface area contributed by atoms with Gasteiger partial charge < -0.3 is 4.74 Å². The third-order valence-corrected chi connectivity index (χ3v) is 5.66. The maximum atomic E-state index is 13.9. The molecule has 0 spiro atoms. The van der Waals surface area contributed by atoms with Gasteiger partial charge in [0.15, 0.2) is 0 Å². The first-order chi connectivity index (χ1) is 14.9. The van der Waals surface area contributed by atoms with E-state index >= 15 is 0 Å². The lowest BCUT2D eigenvalue weighted by Gasteiger charge is -2.29. The standard InChI is InChI=1S/C24H31F3N2O2/c1-2-3-4-5-6-7-8-16-31-21-11-9-10-18-12-13-19(17-20(18)21)23(24(25,26)27)29-15-14-22(30)28-29/h9-13,17,23H,2-8,14-16H2,1H3,(H,28,30)/t23-/m0/s1. The average Bonchev–Trinajstić information content (AvgIpc) is 3.14. The van der Waals surface area contributed by atoms with E-state index in [0.29, 0.717) is 17.7 Å². The first kappa shape index (κ1) is 23.4. The number of amides is 1. The minimum Gasteiger partial charge on any atom is -0.493 e. The third-order valence-electron chi connectivity index (χ3n) is 5.66. The topological polar surface area (TPSA) is 41.6 Å². The third kappa shape index (κ3) is 6.35. The largest absolute Gasteiger partial charge is 0.493 e. The number of rotatable bonds is 11. The number of halogens is 3. The number of hydrazine groups is 1. The number of fused-ring (bicyclic) bond motifs is 1. The van der Waals surface area contributed by atoms with Crippen LogP contribution in [0.1, 0.15) is 69.9 Å². The van der Waals surface area contributed by atoms with E-state index in [2.05, 4.69) is 12.3 Å². The normalized spacial score (nSPS) is 15.9. The van der Waals surface area contributed by atoms with Gasteiger partial charge in [-0.1, -0.05) is 69.7 Å². The number of hydrogen-bond acceptors (Lipinski definition) is 3. The molecule has 2 aromatic rings. The summed E-state index contributed by atoms with van der Waals surface area (Å²) in [4.78, 5) is 11.5. The number of hydrogen-bond donors (Lipinski definition) is 1. The number of carbonyl (C=O) groups excluding carboxylic acids is 1. The van der Waals surface area contributed by atoms with Crippen LogP contribution in [0.25, 0.3) is 10.8 Å². The Morgan fingerprint density at radius 3 is 2.48 bits per heavy atom. The number of nitrogens with zero attached hydrogens (tertiary/aromatic N) is 1. The highest BCUT2D eigenvalue weighted by Crippen LogP contribution is 2.40. The molecule has 2 aromatic carbocycles. The Bertz CT molecular complexity index is 870. The first-order valence-electron chi connectivity index (χ1n) is 11.2. The number of carbonyl (C=O) groups is 1. The zero-order chi connectivity index (χ0) is 22.3. The summed E-state index contributed by atoms with van der Waals surface area (Å²) in [6, 6.07) is 8.32. The number of benzene rings is 2. The molecule has 31 heavy (non-hydrogen) atoms. The molecule has 0 radical (unpaired) electrons. The molecule has 1 amide bonds. The lowest BCUT2D eigenvalue weighted by molar-refractivity contribution is -0.191. The molecule has 0 aliphatic carbocycles. The summed E-state index contributed by atoms with van der Waals surface area (Å²) in [5.41, 5.74) is 2.42. The summed E-state index contributed by atoms with van der Waals surface area (Å²) in [6.45, 7) is 2.76. The van der Waals surface area contributed by atoms with Crippen LogP contribution in [-0.2, 0) is 4.79 Å². The molecule has 0 unspecified atom stereocenters. The maximum Gasteiger partial charge on any atom is 0.409 e. The molecule has 0 bridgehead atoms. The molecule has 170 valence electrons. The predicted octanol–water partition coefficient (Wildman–Crippen LogP) is 6.31. The van der Waals surface area contributed by atoms with Crippen molar-refractivity contribution >= 4 is 16.7 Å². The van der Waals surface area contributed by atoms with Crippen molar-refractivity contribution in [3.8, 4) is 5.75 Å². The van der Waals surface area contributed by atoms with E-state index in [4.69, 9.17) is 4.74 Å². The van der Waals surface area contributed by atoms with Crippen molar-refractivity contribution < 1.29 is 22.7 Å². The minimum absolute atomic E-state index is 0.0252. The quantitative estimate of drug-likeness (QED) is 0.420. The van der Waals surface area contributed by atoms with Crippen LogP contribution in [0.4, 0.5) is 13.2 Å². The van der Waals surface area contributed by atoms with Crippen molar-refractivity contribution in [2.75, 3.05) is 13.2 Å². The highest BCUT2D eigenvalue weighted by molar-refractivity contribution is 5.89. The number of unbranched alkanes of at least 4 members (excludes halogenated alkanes) is 6. The lowest BCUT2D eigenvalue weighted by atomic mass is 10.0. The zero-order valence-electron chi connectivity index (χ0n) is 18.0. The summed E-state index contributed by atoms with van der Waals surface area (Å²) in [5, 5.41) is 2.46. The molecule has 1 fully saturated rings. The Balaban J connectivity index is 1.71. The molecule has 1 saturated heterocycles. The van der Waals surface area contributed by atoms with Crippen LogP contribution >= 0.6 is 0 Å². The highest BCUT2D eigenvalue weighted by atomic mass is 19.4. The van der Waals surface area contributed by atoms with Crippen LogP contribution in [0, 0.1) is 0 Å². The van der Waals surface area contributed by atoms with Gasteiger partial charge in [-0.3, -0.25) is 10.2 Å². The van der Waals surface area contributed by atoms with Gasteiger partial charge in [0, 0.05) is 18.4 Å². The second-order valence-corrected chi connectivity index (χ2v) is 8.13. The highest BCUT2D eigenvalue weighted by Gasteiger charge is 2.47. The van der Waals surface area contributed by atoms with E-state index in [9.17, 15) is 18.0 Å². The van der Waals surface area contributed by atoms with Gasteiger partial charge in [-0.25, -0.2) is 5.01 Å². The van der Waals surface area contributed by atoms with Crippen LogP contribution in [-0.4, -0.2) is 30.2 Å². The molecule has 0 aromatic heterocycles. The fourth-order valence-corrected chi connectivity index (χ4v) is 4.03. The predicted molar refractivity (Wildman–Crippen MR) is 116 cm³/mol. The summed E-state index contributed by atoms with van der Waals surface area (Å²) < 4.78 is 47.5. The van der Waals surface area contributed by atoms with E-state index in [-0.39, 0.29) is 18.5 Å². The van der Waals surface area contributed by atoms with Crippen molar-refractivity contribution in [3.63, 3.8) is 0 Å². The van der Waals surface area contributed by atoms with Gasteiger partial charge in [0.2, 0.25) is 5.91 Å². The van der Waals surface area contributed by atoms with Crippen molar-refractivity contribution in [2.24, 2.45) is 0 Å². The van der Waals surface area contributed by atoms with E-state index in [1.807, 2.05) is 12.1 Å². The van der Waals surface area contributed by atoms with Crippen LogP contribution in [0.3, 0.4) is 0 Å². The molecule has 3 rings (SSSR count). The van der Waals surface area contributed by atoms with Crippen LogP contribution in [0.5, 0.6) is 5.75 Å². The van der Waals surface area contributed by atoms with Crippen LogP contribution in [0.15, 0.2) is 36.4 Å². The zero-order valence-corrected chi connectivity index (χ0v) is 18.0. The summed E-state index contributed by atoms with van der Waals surface area (Å²) in [5.74, 6) is 0.200. The minimum atomic E-state index is -4.52. The molecular weight excluding hydrogens is 405 g/mol. The van der Waals surface area contributed by atoms with Crippen LogP contribution < -0.4 is 10.2 Å². The second-order valence-electron chi connectivity index (χ2n) is 8.13. The van der Waals surface area contributed by atoms with Gasteiger partial charge in [0.25, 0.3) is 0 Å². The van der Waals surface area contributed by atoms with Crippen LogP contribution in [0.2, 0.25) is 0 Å². The van der Waals surface area contributed by atoms with Gasteiger partial charge in [0.1, 0.15) is 11.8 Å². The number of alkyl halides is 3. The molecule has 7 heteroatoms. The summed E-state index contributed by atoms with van der Waals surface area (Å²) >= 11 is 0. The monoisotopic (exact) mass is 436 g/mol. The van der Waals surface area contributed by atoms with Gasteiger partial charge in [-0.05, 0) is 29.5 Å². The number of nitrogens with one attached hydrogen (secondary N) is 1. The molecular formula is C24H31F3N2O2. The molecule has 1 heterocycles. The molecule has 1 aliphatic heterocycles. The van der Waals surface area contributed by atoms with E-state index in [0.717, 1.165) is 23.2 Å². The smallest absolute Gasteiger partial charge is 0.409 e. The number of ether oxygens (including phenoxy) is 1. The molecule has 1 aliphatic rings. The SMILES string of the molecule is CCCCCCCCCOc1cccc2ccc([C@H](N3CCC(=O)N3)C(F)(F)F)cc12. The van der Waals surface area contributed by atoms with Gasteiger partial charge >= 0.3 is 6.18 Å². The average molecular weight is 437 g/mol. The lowest BCUT2D eigenvalue weighted by Crippen LogP contribution is -2.43. The van der Waals surface area contributed by atoms with Gasteiger partial charge in [-0.15, -0.1) is 0 Å². The van der Waals surface area contributed by atoms with E-state index in [1.54, 1.807) is 12.1 Å². The molecule has 0 saturated carbocycles. The molecule has 4 nitrogen and oxygen atoms in total. The van der Waals surface area contributed by atoms with Crippen molar-refractivity contribution in [1.29, 1.82) is 0 Å². The van der Waals surface area contributed by atoms with E-state index in [1.165, 1.54) is 44.2 Å². The van der Waals surface area contributed by atoms with Crippen molar-refractivity contribution in [2.45, 2.75) is 70.5 Å². The Hall–Kier alpha value is -2.28. The maximum absolute atomic E-state index is 13.9. The Morgan fingerprint density at radius 2 is 1.81 bits per heavy atom. The van der Waals surface area contributed by atoms with Gasteiger partial charge in [-0.2, -0.15) is 13.2 Å². The summed E-state index contributed by atoms with van der Waals surface area (Å²) in [7, 11) is 0.